The lowest BCUT2D eigenvalue weighted by molar-refractivity contribution is -0.137. The Morgan fingerprint density at radius 3 is 2.56 bits per heavy atom. The molecule has 1 aromatic heterocycles. The van der Waals surface area contributed by atoms with Gasteiger partial charge in [0.15, 0.2) is 0 Å². The van der Waals surface area contributed by atoms with Crippen molar-refractivity contribution < 1.29 is 18.3 Å². The Labute approximate surface area is 118 Å². The molecule has 5 nitrogen and oxygen atoms in total. The van der Waals surface area contributed by atoms with Crippen LogP contribution < -0.4 is 4.72 Å². The van der Waals surface area contributed by atoms with Crippen LogP contribution in [0.15, 0.2) is 20.1 Å². The molecule has 0 fully saturated rings. The third kappa shape index (κ3) is 4.04. The number of sulfonamides is 1. The molecule has 8 heteroatoms. The van der Waals surface area contributed by atoms with E-state index < -0.39 is 22.0 Å². The lowest BCUT2D eigenvalue weighted by Gasteiger charge is -2.20. The van der Waals surface area contributed by atoms with E-state index >= 15 is 0 Å². The topological polar surface area (TPSA) is 83.5 Å². The maximum Gasteiger partial charge on any atom is 0.304 e. The summed E-state index contributed by atoms with van der Waals surface area (Å²) in [7, 11) is -3.68. The van der Waals surface area contributed by atoms with Crippen molar-refractivity contribution >= 4 is 43.3 Å². The third-order valence-electron chi connectivity index (χ3n) is 2.33. The SMILES string of the molecule is CC(C)C(CC(=O)O)NS(=O)(=O)c1sccc1Br. The lowest BCUT2D eigenvalue weighted by atomic mass is 10.0. The predicted octanol–water partition coefficient (Wildman–Crippen LogP) is 2.29. The highest BCUT2D eigenvalue weighted by Gasteiger charge is 2.26. The maximum absolute atomic E-state index is 12.1. The molecular weight excluding hydrogens is 342 g/mol. The van der Waals surface area contributed by atoms with Gasteiger partial charge in [-0.2, -0.15) is 0 Å². The maximum atomic E-state index is 12.1. The molecule has 0 saturated carbocycles. The highest BCUT2D eigenvalue weighted by Crippen LogP contribution is 2.28. The van der Waals surface area contributed by atoms with Crippen LogP contribution in [0.4, 0.5) is 0 Å². The number of thiophene rings is 1. The van der Waals surface area contributed by atoms with Crippen molar-refractivity contribution in [3.8, 4) is 0 Å². The Morgan fingerprint density at radius 1 is 1.56 bits per heavy atom. The summed E-state index contributed by atoms with van der Waals surface area (Å²) in [5.41, 5.74) is 0. The molecule has 1 unspecified atom stereocenters. The fraction of sp³-hybridized carbons (Fsp3) is 0.500. The first-order chi connectivity index (χ1) is 8.24. The van der Waals surface area contributed by atoms with E-state index in [1.807, 2.05) is 0 Å². The summed E-state index contributed by atoms with van der Waals surface area (Å²) in [6.45, 7) is 3.55. The van der Waals surface area contributed by atoms with Crippen molar-refractivity contribution in [2.45, 2.75) is 30.5 Å². The number of hydrogen-bond donors (Lipinski definition) is 2. The summed E-state index contributed by atoms with van der Waals surface area (Å²) < 4.78 is 27.3. The van der Waals surface area contributed by atoms with Gasteiger partial charge in [0.1, 0.15) is 4.21 Å². The van der Waals surface area contributed by atoms with Crippen LogP contribution in [0, 0.1) is 5.92 Å². The molecule has 102 valence electrons. The normalized spacial score (nSPS) is 13.8. The van der Waals surface area contributed by atoms with Crippen LogP contribution in [0.2, 0.25) is 0 Å². The van der Waals surface area contributed by atoms with Crippen LogP contribution in [0.25, 0.3) is 0 Å². The van der Waals surface area contributed by atoms with Gasteiger partial charge in [0.25, 0.3) is 10.0 Å². The second-order valence-corrected chi connectivity index (χ2v) is 7.81. The first-order valence-corrected chi connectivity index (χ1v) is 8.36. The summed E-state index contributed by atoms with van der Waals surface area (Å²) in [6, 6.07) is 1.02. The number of halogens is 1. The second kappa shape index (κ2) is 6.14. The molecule has 0 saturated heterocycles. The zero-order valence-corrected chi connectivity index (χ0v) is 13.1. The van der Waals surface area contributed by atoms with Crippen LogP contribution in [-0.2, 0) is 14.8 Å². The summed E-state index contributed by atoms with van der Waals surface area (Å²) in [5, 5.41) is 10.4. The van der Waals surface area contributed by atoms with E-state index in [4.69, 9.17) is 5.11 Å². The number of carboxylic acids is 1. The smallest absolute Gasteiger partial charge is 0.304 e. The number of carbonyl (C=O) groups is 1. The van der Waals surface area contributed by atoms with E-state index in [1.54, 1.807) is 25.3 Å². The standard InChI is InChI=1S/C10H14BrNO4S2/c1-6(2)8(5-9(13)14)12-18(15,16)10-7(11)3-4-17-10/h3-4,6,8,12H,5H2,1-2H3,(H,13,14). The Morgan fingerprint density at radius 2 is 2.17 bits per heavy atom. The molecule has 1 aromatic rings. The van der Waals surface area contributed by atoms with E-state index in [9.17, 15) is 13.2 Å². The van der Waals surface area contributed by atoms with Gasteiger partial charge >= 0.3 is 5.97 Å². The summed E-state index contributed by atoms with van der Waals surface area (Å²) >= 11 is 4.24. The van der Waals surface area contributed by atoms with Gasteiger partial charge in [-0.15, -0.1) is 11.3 Å². The van der Waals surface area contributed by atoms with Crippen molar-refractivity contribution in [2.24, 2.45) is 5.92 Å². The largest absolute Gasteiger partial charge is 0.481 e. The summed E-state index contributed by atoms with van der Waals surface area (Å²) in [6.07, 6.45) is -0.236. The molecule has 0 bridgehead atoms. The average Bonchev–Trinajstić information content (AvgIpc) is 2.62. The average molecular weight is 356 g/mol. The molecule has 0 amide bonds. The number of aliphatic carboxylic acids is 1. The minimum absolute atomic E-state index is 0.102. The van der Waals surface area contributed by atoms with Gasteiger partial charge < -0.3 is 5.11 Å². The number of rotatable bonds is 6. The molecule has 18 heavy (non-hydrogen) atoms. The van der Waals surface area contributed by atoms with Gasteiger partial charge in [-0.05, 0) is 33.3 Å². The van der Waals surface area contributed by atoms with Gasteiger partial charge in [-0.1, -0.05) is 13.8 Å². The highest BCUT2D eigenvalue weighted by molar-refractivity contribution is 9.10. The van der Waals surface area contributed by atoms with Gasteiger partial charge in [0, 0.05) is 10.5 Å². The fourth-order valence-electron chi connectivity index (χ4n) is 1.33. The van der Waals surface area contributed by atoms with E-state index in [0.717, 1.165) is 11.3 Å². The molecule has 0 radical (unpaired) electrons. The zero-order valence-electron chi connectivity index (χ0n) is 9.88. The Hall–Kier alpha value is -0.440. The summed E-state index contributed by atoms with van der Waals surface area (Å²) in [4.78, 5) is 10.7. The van der Waals surface area contributed by atoms with Crippen LogP contribution in [0.1, 0.15) is 20.3 Å². The molecule has 1 atom stereocenters. The van der Waals surface area contributed by atoms with Gasteiger partial charge in [-0.3, -0.25) is 4.79 Å². The lowest BCUT2D eigenvalue weighted by Crippen LogP contribution is -2.39. The molecular formula is C10H14BrNO4S2. The molecule has 1 rings (SSSR count). The molecule has 0 aromatic carbocycles. The fourth-order valence-corrected chi connectivity index (χ4v) is 5.06. The molecule has 1 heterocycles. The molecule has 0 aliphatic rings. The Kier molecular flexibility index (Phi) is 5.32. The van der Waals surface area contributed by atoms with E-state index in [-0.39, 0.29) is 16.5 Å². The quantitative estimate of drug-likeness (QED) is 0.819. The minimum Gasteiger partial charge on any atom is -0.481 e. The van der Waals surface area contributed by atoms with Crippen molar-refractivity contribution in [1.82, 2.24) is 4.72 Å². The monoisotopic (exact) mass is 355 g/mol. The Balaban J connectivity index is 2.93. The van der Waals surface area contributed by atoms with Crippen LogP contribution in [0.3, 0.4) is 0 Å². The van der Waals surface area contributed by atoms with Crippen molar-refractivity contribution in [1.29, 1.82) is 0 Å². The highest BCUT2D eigenvalue weighted by atomic mass is 79.9. The van der Waals surface area contributed by atoms with Crippen molar-refractivity contribution in [2.75, 3.05) is 0 Å². The molecule has 2 N–H and O–H groups in total. The van der Waals surface area contributed by atoms with E-state index in [1.165, 1.54) is 0 Å². The number of hydrogen-bond acceptors (Lipinski definition) is 4. The first-order valence-electron chi connectivity index (χ1n) is 5.21. The minimum atomic E-state index is -3.68. The van der Waals surface area contributed by atoms with Gasteiger partial charge in [0.2, 0.25) is 0 Å². The van der Waals surface area contributed by atoms with Crippen LogP contribution >= 0.6 is 27.3 Å². The van der Waals surface area contributed by atoms with Crippen LogP contribution in [0.5, 0.6) is 0 Å². The second-order valence-electron chi connectivity index (χ2n) is 4.13. The first kappa shape index (κ1) is 15.6. The van der Waals surface area contributed by atoms with E-state index in [0.29, 0.717) is 4.47 Å². The number of carboxylic acid groups (broad SMARTS) is 1. The van der Waals surface area contributed by atoms with Gasteiger partial charge in [-0.25, -0.2) is 13.1 Å². The molecule has 0 aliphatic heterocycles. The van der Waals surface area contributed by atoms with Crippen molar-refractivity contribution in [3.63, 3.8) is 0 Å². The predicted molar refractivity (Wildman–Crippen MR) is 73.2 cm³/mol. The molecule has 0 spiro atoms. The molecule has 0 aliphatic carbocycles. The van der Waals surface area contributed by atoms with E-state index in [2.05, 4.69) is 20.7 Å². The Bertz CT molecular complexity index is 524. The van der Waals surface area contributed by atoms with Crippen molar-refractivity contribution in [3.05, 3.63) is 15.9 Å². The number of nitrogens with one attached hydrogen (secondary N) is 1. The van der Waals surface area contributed by atoms with Gasteiger partial charge in [0.05, 0.1) is 6.42 Å². The summed E-state index contributed by atoms with van der Waals surface area (Å²) in [5.74, 6) is -1.13. The van der Waals surface area contributed by atoms with Crippen LogP contribution in [-0.4, -0.2) is 25.5 Å². The third-order valence-corrected chi connectivity index (χ3v) is 6.49. The zero-order chi connectivity index (χ0) is 13.9.